The molecule has 0 aromatic heterocycles. The number of methoxy groups -OCH3 is 1. The quantitative estimate of drug-likeness (QED) is 0.423. The normalized spacial score (nSPS) is 14.9. The van der Waals surface area contributed by atoms with E-state index in [0.29, 0.717) is 0 Å². The van der Waals surface area contributed by atoms with E-state index in [1.807, 2.05) is 74.5 Å². The van der Waals surface area contributed by atoms with Crippen LogP contribution in [0.2, 0.25) is 0 Å². The molecule has 0 saturated heterocycles. The Kier molecular flexibility index (Phi) is 9.28. The summed E-state index contributed by atoms with van der Waals surface area (Å²) in [6.45, 7) is 5.12. The van der Waals surface area contributed by atoms with E-state index in [-0.39, 0.29) is 18.9 Å². The summed E-state index contributed by atoms with van der Waals surface area (Å²) in [5.74, 6) is -1.69. The molecule has 31 heavy (non-hydrogen) atoms. The lowest BCUT2D eigenvalue weighted by molar-refractivity contribution is -0.148. The van der Waals surface area contributed by atoms with Crippen molar-refractivity contribution in [2.24, 2.45) is 5.92 Å². The largest absolute Gasteiger partial charge is 0.467 e. The maximum atomic E-state index is 13.5. The zero-order valence-electron chi connectivity index (χ0n) is 18.3. The molecule has 0 aliphatic carbocycles. The zero-order valence-corrected chi connectivity index (χ0v) is 19.2. The van der Waals surface area contributed by atoms with Crippen LogP contribution in [0.3, 0.4) is 0 Å². The predicted octanol–water partition coefficient (Wildman–Crippen LogP) is 4.60. The maximum absolute atomic E-state index is 13.5. The van der Waals surface area contributed by atoms with Crippen molar-refractivity contribution in [3.63, 3.8) is 0 Å². The molecule has 2 aromatic carbocycles. The fraction of sp³-hybridized carbons (Fsp3) is 0.391. The molecule has 8 heteroatoms. The number of esters is 1. The van der Waals surface area contributed by atoms with Crippen molar-refractivity contribution < 1.29 is 28.2 Å². The van der Waals surface area contributed by atoms with Crippen LogP contribution in [0.1, 0.15) is 25.0 Å². The average Bonchev–Trinajstić information content (AvgIpc) is 2.76. The summed E-state index contributed by atoms with van der Waals surface area (Å²) in [5.41, 5.74) is 1.68. The smallest absolute Gasteiger partial charge is 0.408 e. The summed E-state index contributed by atoms with van der Waals surface area (Å²) >= 11 is 0. The molecular weight excluding hydrogens is 417 g/mol. The molecule has 0 heterocycles. The second-order valence-electron chi connectivity index (χ2n) is 7.61. The Morgan fingerprint density at radius 3 is 2.03 bits per heavy atom. The summed E-state index contributed by atoms with van der Waals surface area (Å²) in [6, 6.07) is 18.5. The average molecular weight is 447 g/mol. The van der Waals surface area contributed by atoms with Crippen molar-refractivity contribution >= 4 is 19.4 Å². The molecule has 1 unspecified atom stereocenters. The van der Waals surface area contributed by atoms with Gasteiger partial charge < -0.3 is 19.3 Å². The first-order chi connectivity index (χ1) is 14.7. The number of amides is 1. The molecule has 0 radical (unpaired) electrons. The molecule has 0 saturated carbocycles. The van der Waals surface area contributed by atoms with Gasteiger partial charge in [0.25, 0.3) is 0 Å². The first kappa shape index (κ1) is 24.6. The number of benzene rings is 2. The van der Waals surface area contributed by atoms with Crippen LogP contribution in [-0.2, 0) is 36.4 Å². The van der Waals surface area contributed by atoms with Crippen LogP contribution in [0.4, 0.5) is 4.79 Å². The maximum Gasteiger partial charge on any atom is 0.408 e. The molecule has 7 nitrogen and oxygen atoms in total. The van der Waals surface area contributed by atoms with E-state index < -0.39 is 31.3 Å². The lowest BCUT2D eigenvalue weighted by Gasteiger charge is -2.30. The van der Waals surface area contributed by atoms with Gasteiger partial charge >= 0.3 is 12.1 Å². The summed E-state index contributed by atoms with van der Waals surface area (Å²) in [5, 5.41) is 2.65. The van der Waals surface area contributed by atoms with Gasteiger partial charge in [-0.3, -0.25) is 4.57 Å². The molecule has 0 aliphatic heterocycles. The van der Waals surface area contributed by atoms with Gasteiger partial charge in [-0.25, -0.2) is 9.59 Å². The SMILES string of the molecule is COC(=O)[C@H](Cc1ccccc1)OP(C)(=O)[C@@H](NC(=O)OCc1ccccc1)C(C)C. The van der Waals surface area contributed by atoms with Crippen molar-refractivity contribution in [1.82, 2.24) is 5.32 Å². The Morgan fingerprint density at radius 1 is 0.968 bits per heavy atom. The van der Waals surface area contributed by atoms with E-state index >= 15 is 0 Å². The molecule has 168 valence electrons. The number of carbonyl (C=O) groups is 2. The van der Waals surface area contributed by atoms with Gasteiger partial charge in [-0.05, 0) is 17.0 Å². The third kappa shape index (κ3) is 7.85. The van der Waals surface area contributed by atoms with Gasteiger partial charge in [-0.15, -0.1) is 0 Å². The van der Waals surface area contributed by atoms with Crippen LogP contribution < -0.4 is 5.32 Å². The summed E-state index contributed by atoms with van der Waals surface area (Å²) in [4.78, 5) is 24.6. The molecule has 2 aromatic rings. The number of rotatable bonds is 10. The van der Waals surface area contributed by atoms with Crippen molar-refractivity contribution in [2.45, 2.75) is 38.8 Å². The number of carbonyl (C=O) groups excluding carboxylic acids is 2. The van der Waals surface area contributed by atoms with Crippen LogP contribution in [0.15, 0.2) is 60.7 Å². The van der Waals surface area contributed by atoms with Crippen molar-refractivity contribution in [1.29, 1.82) is 0 Å². The molecule has 2 rings (SSSR count). The Labute approximate surface area is 183 Å². The third-order valence-corrected chi connectivity index (χ3v) is 7.09. The van der Waals surface area contributed by atoms with Crippen LogP contribution in [0, 0.1) is 5.92 Å². The van der Waals surface area contributed by atoms with Crippen molar-refractivity contribution in [2.75, 3.05) is 13.8 Å². The highest BCUT2D eigenvalue weighted by Crippen LogP contribution is 2.51. The molecule has 1 amide bonds. The zero-order chi connectivity index (χ0) is 22.9. The second-order valence-corrected chi connectivity index (χ2v) is 10.2. The monoisotopic (exact) mass is 447 g/mol. The summed E-state index contributed by atoms with van der Waals surface area (Å²) in [7, 11) is -2.23. The second kappa shape index (κ2) is 11.7. The lowest BCUT2D eigenvalue weighted by Crippen LogP contribution is -2.40. The number of hydrogen-bond acceptors (Lipinski definition) is 6. The number of nitrogens with one attached hydrogen (secondary N) is 1. The Bertz CT molecular complexity index is 887. The number of alkyl carbamates (subject to hydrolysis) is 1. The number of hydrogen-bond donors (Lipinski definition) is 1. The van der Waals surface area contributed by atoms with E-state index in [9.17, 15) is 14.2 Å². The van der Waals surface area contributed by atoms with Crippen molar-refractivity contribution in [3.8, 4) is 0 Å². The van der Waals surface area contributed by atoms with Crippen LogP contribution >= 0.6 is 7.37 Å². The van der Waals surface area contributed by atoms with Gasteiger partial charge in [-0.1, -0.05) is 74.5 Å². The van der Waals surface area contributed by atoms with Gasteiger partial charge in [-0.2, -0.15) is 0 Å². The van der Waals surface area contributed by atoms with Gasteiger partial charge in [0, 0.05) is 13.1 Å². The van der Waals surface area contributed by atoms with Gasteiger partial charge in [0.2, 0.25) is 7.37 Å². The van der Waals surface area contributed by atoms with E-state index in [4.69, 9.17) is 14.0 Å². The molecule has 1 N–H and O–H groups in total. The summed E-state index contributed by atoms with van der Waals surface area (Å²) in [6.07, 6.45) is -1.56. The lowest BCUT2D eigenvalue weighted by atomic mass is 10.1. The minimum absolute atomic E-state index is 0.0884. The topological polar surface area (TPSA) is 90.9 Å². The highest BCUT2D eigenvalue weighted by Gasteiger charge is 2.38. The molecule has 0 aliphatic rings. The molecular formula is C23H30NO6P. The number of ether oxygens (including phenoxy) is 2. The van der Waals surface area contributed by atoms with Crippen molar-refractivity contribution in [3.05, 3.63) is 71.8 Å². The van der Waals surface area contributed by atoms with E-state index in [1.54, 1.807) is 0 Å². The van der Waals surface area contributed by atoms with Gasteiger partial charge in [0.1, 0.15) is 12.4 Å². The third-order valence-electron chi connectivity index (χ3n) is 4.68. The summed E-state index contributed by atoms with van der Waals surface area (Å²) < 4.78 is 29.4. The molecule has 3 atom stereocenters. The van der Waals surface area contributed by atoms with Crippen LogP contribution in [0.25, 0.3) is 0 Å². The molecule has 0 fully saturated rings. The Morgan fingerprint density at radius 2 is 1.52 bits per heavy atom. The van der Waals surface area contributed by atoms with Gasteiger partial charge in [0.15, 0.2) is 6.10 Å². The Balaban J connectivity index is 2.08. The fourth-order valence-electron chi connectivity index (χ4n) is 3.15. The highest BCUT2D eigenvalue weighted by atomic mass is 31.2. The standard InChI is InChI=1S/C23H30NO6P/c1-17(2)21(24-23(26)29-16-19-13-9-6-10-14-19)31(4,27)30-20(22(25)28-3)15-18-11-7-5-8-12-18/h5-14,17,20-21H,15-16H2,1-4H3,(H,24,26)/t20-,21+,31?/m0/s1. The first-order valence-electron chi connectivity index (χ1n) is 10.1. The van der Waals surface area contributed by atoms with E-state index in [0.717, 1.165) is 11.1 Å². The molecule has 0 bridgehead atoms. The van der Waals surface area contributed by atoms with Crippen LogP contribution in [-0.4, -0.2) is 37.7 Å². The predicted molar refractivity (Wildman–Crippen MR) is 119 cm³/mol. The van der Waals surface area contributed by atoms with Gasteiger partial charge in [0.05, 0.1) is 7.11 Å². The minimum Gasteiger partial charge on any atom is -0.467 e. The molecule has 0 spiro atoms. The first-order valence-corrected chi connectivity index (χ1v) is 12.2. The van der Waals surface area contributed by atoms with E-state index in [1.165, 1.54) is 13.8 Å². The fourth-order valence-corrected chi connectivity index (χ4v) is 5.37. The van der Waals surface area contributed by atoms with Crippen LogP contribution in [0.5, 0.6) is 0 Å². The van der Waals surface area contributed by atoms with E-state index in [2.05, 4.69) is 5.32 Å². The highest BCUT2D eigenvalue weighted by molar-refractivity contribution is 7.59. The Hall–Kier alpha value is -2.63. The minimum atomic E-state index is -3.48.